The van der Waals surface area contributed by atoms with Crippen LogP contribution in [0.4, 0.5) is 0 Å². The van der Waals surface area contributed by atoms with E-state index in [0.29, 0.717) is 28.8 Å². The maximum atomic E-state index is 13.2. The number of hydrogen-bond donors (Lipinski definition) is 1. The molecule has 2 aromatic carbocycles. The second-order valence-corrected chi connectivity index (χ2v) is 10.3. The first-order valence-corrected chi connectivity index (χ1v) is 12.6. The molecule has 1 aliphatic rings. The van der Waals surface area contributed by atoms with Gasteiger partial charge in [-0.05, 0) is 74.7 Å². The molecule has 8 nitrogen and oxygen atoms in total. The van der Waals surface area contributed by atoms with Crippen molar-refractivity contribution in [2.24, 2.45) is 0 Å². The van der Waals surface area contributed by atoms with Gasteiger partial charge >= 0.3 is 0 Å². The highest BCUT2D eigenvalue weighted by atomic mass is 35.5. The van der Waals surface area contributed by atoms with Crippen LogP contribution in [0.3, 0.4) is 0 Å². The molecular formula is C23H25ClN4O4S. The first-order chi connectivity index (χ1) is 15.8. The van der Waals surface area contributed by atoms with E-state index in [1.807, 2.05) is 6.92 Å². The number of hydrogen-bond acceptors (Lipinski definition) is 6. The second kappa shape index (κ2) is 9.62. The highest BCUT2D eigenvalue weighted by Gasteiger charge is 2.34. The summed E-state index contributed by atoms with van der Waals surface area (Å²) in [5.74, 6) is 0.480. The van der Waals surface area contributed by atoms with Crippen LogP contribution in [0.25, 0.3) is 11.5 Å². The van der Waals surface area contributed by atoms with Gasteiger partial charge in [-0.15, -0.1) is 10.2 Å². The number of sulfonamides is 1. The first-order valence-electron chi connectivity index (χ1n) is 10.8. The summed E-state index contributed by atoms with van der Waals surface area (Å²) < 4.78 is 33.3. The molecule has 1 fully saturated rings. The molecular weight excluding hydrogens is 464 g/mol. The van der Waals surface area contributed by atoms with E-state index in [9.17, 15) is 13.2 Å². The molecule has 1 amide bonds. The Morgan fingerprint density at radius 2 is 1.82 bits per heavy atom. The number of nitrogens with zero attached hydrogens (tertiary/aromatic N) is 3. The number of nitrogens with one attached hydrogen (secondary N) is 1. The summed E-state index contributed by atoms with van der Waals surface area (Å²) in [6.45, 7) is 3.89. The second-order valence-electron chi connectivity index (χ2n) is 8.13. The number of carbonyl (C=O) groups is 1. The van der Waals surface area contributed by atoms with Crippen LogP contribution in [0.1, 0.15) is 49.4 Å². The van der Waals surface area contributed by atoms with Gasteiger partial charge in [0, 0.05) is 28.2 Å². The number of benzene rings is 2. The van der Waals surface area contributed by atoms with Gasteiger partial charge in [-0.25, -0.2) is 13.1 Å². The molecule has 33 heavy (non-hydrogen) atoms. The Hall–Kier alpha value is -2.75. The molecule has 1 heterocycles. The number of aromatic nitrogens is 2. The van der Waals surface area contributed by atoms with E-state index in [0.717, 1.165) is 18.4 Å². The molecule has 1 saturated carbocycles. The van der Waals surface area contributed by atoms with Crippen molar-refractivity contribution in [2.75, 3.05) is 0 Å². The van der Waals surface area contributed by atoms with Crippen LogP contribution in [0.15, 0.2) is 57.8 Å². The fourth-order valence-corrected chi connectivity index (χ4v) is 4.74. The van der Waals surface area contributed by atoms with Gasteiger partial charge in [-0.2, -0.15) is 0 Å². The fraction of sp³-hybridized carbons (Fsp3) is 0.348. The molecule has 1 atom stereocenters. The van der Waals surface area contributed by atoms with Crippen molar-refractivity contribution >= 4 is 27.5 Å². The van der Waals surface area contributed by atoms with Crippen LogP contribution in [0.5, 0.6) is 0 Å². The maximum absolute atomic E-state index is 13.2. The summed E-state index contributed by atoms with van der Waals surface area (Å²) in [6.07, 6.45) is 2.48. The lowest BCUT2D eigenvalue weighted by Crippen LogP contribution is -2.33. The van der Waals surface area contributed by atoms with Crippen molar-refractivity contribution in [1.82, 2.24) is 19.8 Å². The number of halogens is 1. The predicted molar refractivity (Wildman–Crippen MR) is 124 cm³/mol. The summed E-state index contributed by atoms with van der Waals surface area (Å²) in [5.41, 5.74) is 1.15. The van der Waals surface area contributed by atoms with Crippen LogP contribution in [0, 0.1) is 0 Å². The monoisotopic (exact) mass is 488 g/mol. The van der Waals surface area contributed by atoms with Gasteiger partial charge in [0.1, 0.15) is 0 Å². The third kappa shape index (κ3) is 5.61. The normalized spacial score (nSPS) is 14.8. The summed E-state index contributed by atoms with van der Waals surface area (Å²) in [5, 5.41) is 8.78. The molecule has 174 valence electrons. The average Bonchev–Trinajstić information content (AvgIpc) is 3.55. The molecule has 0 spiro atoms. The Labute approximate surface area is 198 Å². The highest BCUT2D eigenvalue weighted by molar-refractivity contribution is 7.89. The van der Waals surface area contributed by atoms with Crippen LogP contribution >= 0.6 is 11.6 Å². The van der Waals surface area contributed by atoms with Gasteiger partial charge in [0.2, 0.25) is 21.8 Å². The summed E-state index contributed by atoms with van der Waals surface area (Å²) >= 11 is 5.92. The van der Waals surface area contributed by atoms with Gasteiger partial charge in [-0.1, -0.05) is 18.5 Å². The Balaban J connectivity index is 1.49. The molecule has 0 aliphatic heterocycles. The molecule has 4 rings (SSSR count). The molecule has 1 aliphatic carbocycles. The Morgan fingerprint density at radius 3 is 2.42 bits per heavy atom. The fourth-order valence-electron chi connectivity index (χ4n) is 3.28. The van der Waals surface area contributed by atoms with Crippen LogP contribution in [-0.2, 0) is 16.6 Å². The Kier molecular flexibility index (Phi) is 6.83. The molecule has 0 bridgehead atoms. The lowest BCUT2D eigenvalue weighted by atomic mass is 10.2. The summed E-state index contributed by atoms with van der Waals surface area (Å²) in [6, 6.07) is 13.0. The van der Waals surface area contributed by atoms with E-state index in [2.05, 4.69) is 14.9 Å². The number of amides is 1. The van der Waals surface area contributed by atoms with Crippen molar-refractivity contribution in [1.29, 1.82) is 0 Å². The van der Waals surface area contributed by atoms with Crippen LogP contribution < -0.4 is 4.72 Å². The minimum Gasteiger partial charge on any atom is -0.419 e. The molecule has 1 aromatic heterocycles. The molecule has 0 radical (unpaired) electrons. The van der Waals surface area contributed by atoms with Crippen molar-refractivity contribution in [3.05, 3.63) is 65.0 Å². The Bertz CT molecular complexity index is 1220. The van der Waals surface area contributed by atoms with Crippen molar-refractivity contribution in [3.63, 3.8) is 0 Å². The molecule has 3 aromatic rings. The maximum Gasteiger partial charge on any atom is 0.254 e. The smallest absolute Gasteiger partial charge is 0.254 e. The van der Waals surface area contributed by atoms with Crippen molar-refractivity contribution < 1.29 is 17.6 Å². The van der Waals surface area contributed by atoms with Gasteiger partial charge < -0.3 is 9.32 Å². The van der Waals surface area contributed by atoms with Crippen molar-refractivity contribution in [2.45, 2.75) is 56.6 Å². The van der Waals surface area contributed by atoms with E-state index in [4.69, 9.17) is 16.0 Å². The molecule has 0 saturated heterocycles. The lowest BCUT2D eigenvalue weighted by Gasteiger charge is -2.21. The van der Waals surface area contributed by atoms with Gasteiger partial charge in [0.15, 0.2) is 0 Å². The zero-order chi connectivity index (χ0) is 23.6. The predicted octanol–water partition coefficient (Wildman–Crippen LogP) is 4.27. The van der Waals surface area contributed by atoms with Crippen LogP contribution in [-0.4, -0.2) is 41.5 Å². The third-order valence-corrected chi connectivity index (χ3v) is 7.35. The minimum atomic E-state index is -3.63. The molecule has 1 N–H and O–H groups in total. The zero-order valence-electron chi connectivity index (χ0n) is 18.4. The standard InChI is InChI=1S/C23H25ClN4O4S/c1-3-15(2)27-33(30,31)20-12-6-17(7-13-20)23(29)28(19-10-11-19)14-21-25-26-22(32-21)16-4-8-18(24)9-5-16/h4-9,12-13,15,19,27H,3,10-11,14H2,1-2H3. The van der Waals surface area contributed by atoms with E-state index >= 15 is 0 Å². The number of carbonyl (C=O) groups excluding carboxylic acids is 1. The van der Waals surface area contributed by atoms with Gasteiger partial charge in [0.05, 0.1) is 11.4 Å². The molecule has 1 unspecified atom stereocenters. The van der Waals surface area contributed by atoms with Gasteiger partial charge in [-0.3, -0.25) is 4.79 Å². The molecule has 10 heteroatoms. The summed E-state index contributed by atoms with van der Waals surface area (Å²) in [4.78, 5) is 15.0. The first kappa shape index (κ1) is 23.4. The van der Waals surface area contributed by atoms with E-state index in [1.165, 1.54) is 24.3 Å². The lowest BCUT2D eigenvalue weighted by molar-refractivity contribution is 0.0714. The zero-order valence-corrected chi connectivity index (χ0v) is 19.9. The quantitative estimate of drug-likeness (QED) is 0.482. The number of rotatable bonds is 9. The summed E-state index contributed by atoms with van der Waals surface area (Å²) in [7, 11) is -3.63. The topological polar surface area (TPSA) is 105 Å². The highest BCUT2D eigenvalue weighted by Crippen LogP contribution is 2.30. The van der Waals surface area contributed by atoms with Crippen LogP contribution in [0.2, 0.25) is 5.02 Å². The average molecular weight is 489 g/mol. The van der Waals surface area contributed by atoms with Crippen molar-refractivity contribution in [3.8, 4) is 11.5 Å². The Morgan fingerprint density at radius 1 is 1.15 bits per heavy atom. The van der Waals surface area contributed by atoms with E-state index in [-0.39, 0.29) is 29.4 Å². The van der Waals surface area contributed by atoms with E-state index < -0.39 is 10.0 Å². The minimum absolute atomic E-state index is 0.0962. The SMILES string of the molecule is CCC(C)NS(=O)(=O)c1ccc(C(=O)N(Cc2nnc(-c3ccc(Cl)cc3)o2)C2CC2)cc1. The largest absolute Gasteiger partial charge is 0.419 e. The third-order valence-electron chi connectivity index (χ3n) is 5.49. The van der Waals surface area contributed by atoms with E-state index in [1.54, 1.807) is 36.1 Å². The van der Waals surface area contributed by atoms with Gasteiger partial charge in [0.25, 0.3) is 5.91 Å².